The Morgan fingerprint density at radius 1 is 1.38 bits per heavy atom. The lowest BCUT2D eigenvalue weighted by atomic mass is 10.1. The normalized spacial score (nSPS) is 10.9. The number of nitrogens with two attached hydrogens (primary N) is 1. The summed E-state index contributed by atoms with van der Waals surface area (Å²) in [6.07, 6.45) is 0. The largest absolute Gasteiger partial charge is 0.480 e. The van der Waals surface area contributed by atoms with Crippen LogP contribution in [0.5, 0.6) is 0 Å². The summed E-state index contributed by atoms with van der Waals surface area (Å²) in [4.78, 5) is 20.7. The molecule has 0 radical (unpaired) electrons. The molecule has 0 aromatic heterocycles. The summed E-state index contributed by atoms with van der Waals surface area (Å²) >= 11 is 0. The van der Waals surface area contributed by atoms with Gasteiger partial charge in [-0.1, -0.05) is 12.1 Å². The number of hydrogen-bond acceptors (Lipinski definition) is 5. The highest BCUT2D eigenvalue weighted by Gasteiger charge is 2.14. The lowest BCUT2D eigenvalue weighted by Gasteiger charge is -2.16. The van der Waals surface area contributed by atoms with Crippen molar-refractivity contribution in [3.05, 3.63) is 29.3 Å². The van der Waals surface area contributed by atoms with Crippen molar-refractivity contribution >= 4 is 17.6 Å². The first-order valence-electron chi connectivity index (χ1n) is 6.74. The molecule has 1 aromatic carbocycles. The van der Waals surface area contributed by atoms with Crippen molar-refractivity contribution in [2.45, 2.75) is 33.7 Å². The van der Waals surface area contributed by atoms with Crippen molar-refractivity contribution in [3.63, 3.8) is 0 Å². The average molecular weight is 296 g/mol. The van der Waals surface area contributed by atoms with Gasteiger partial charge in [0.15, 0.2) is 0 Å². The van der Waals surface area contributed by atoms with E-state index in [0.29, 0.717) is 6.61 Å². The molecule has 0 aliphatic carbocycles. The van der Waals surface area contributed by atoms with Gasteiger partial charge in [-0.25, -0.2) is 4.79 Å². The van der Waals surface area contributed by atoms with Crippen LogP contribution in [0, 0.1) is 13.8 Å². The van der Waals surface area contributed by atoms with Crippen molar-refractivity contribution in [2.24, 2.45) is 5.73 Å². The molecular formula is C15H24N2O4. The molecule has 0 saturated carbocycles. The highest BCUT2D eigenvalue weighted by Crippen LogP contribution is 2.17. The summed E-state index contributed by atoms with van der Waals surface area (Å²) in [5.41, 5.74) is 7.86. The zero-order chi connectivity index (χ0) is 16.4. The summed E-state index contributed by atoms with van der Waals surface area (Å²) in [7, 11) is 0. The second kappa shape index (κ2) is 9.77. The molecule has 4 N–H and O–H groups in total. The van der Waals surface area contributed by atoms with Gasteiger partial charge in [0.05, 0.1) is 13.2 Å². The van der Waals surface area contributed by atoms with Crippen LogP contribution >= 0.6 is 0 Å². The molecule has 0 heterocycles. The van der Waals surface area contributed by atoms with E-state index < -0.39 is 5.97 Å². The Morgan fingerprint density at radius 3 is 2.43 bits per heavy atom. The molecule has 6 heteroatoms. The molecule has 1 rings (SSSR count). The van der Waals surface area contributed by atoms with Crippen LogP contribution < -0.4 is 11.1 Å². The van der Waals surface area contributed by atoms with E-state index in [0.717, 1.165) is 11.3 Å². The van der Waals surface area contributed by atoms with Crippen molar-refractivity contribution in [3.8, 4) is 0 Å². The molecule has 0 fully saturated rings. The number of esters is 1. The van der Waals surface area contributed by atoms with Gasteiger partial charge >= 0.3 is 11.9 Å². The summed E-state index contributed by atoms with van der Waals surface area (Å²) in [6, 6.07) is 5.80. The molecular weight excluding hydrogens is 272 g/mol. The van der Waals surface area contributed by atoms with E-state index in [1.54, 1.807) is 6.92 Å². The average Bonchev–Trinajstić information content (AvgIpc) is 2.43. The Balaban J connectivity index is 0.000000690. The molecule has 0 amide bonds. The van der Waals surface area contributed by atoms with Crippen molar-refractivity contribution in [2.75, 3.05) is 18.5 Å². The van der Waals surface area contributed by atoms with Gasteiger partial charge in [-0.3, -0.25) is 4.79 Å². The first-order valence-corrected chi connectivity index (χ1v) is 6.74. The van der Waals surface area contributed by atoms with Gasteiger partial charge in [-0.05, 0) is 44.9 Å². The number of aliphatic carboxylic acids is 1. The van der Waals surface area contributed by atoms with Crippen LogP contribution in [0.15, 0.2) is 18.2 Å². The van der Waals surface area contributed by atoms with Crippen molar-refractivity contribution < 1.29 is 19.4 Å². The number of carboxylic acids is 1. The lowest BCUT2D eigenvalue weighted by molar-refractivity contribution is -0.143. The van der Waals surface area contributed by atoms with Crippen LogP contribution in [-0.4, -0.2) is 36.2 Å². The molecule has 0 bridgehead atoms. The number of hydrogen-bond donors (Lipinski definition) is 3. The zero-order valence-electron chi connectivity index (χ0n) is 13.0. The molecule has 0 spiro atoms. The van der Waals surface area contributed by atoms with E-state index in [-0.39, 0.29) is 18.6 Å². The van der Waals surface area contributed by atoms with Crippen LogP contribution in [0.25, 0.3) is 0 Å². The number of carboxylic acid groups (broad SMARTS) is 1. The van der Waals surface area contributed by atoms with Gasteiger partial charge in [-0.2, -0.15) is 0 Å². The van der Waals surface area contributed by atoms with E-state index in [1.165, 1.54) is 5.56 Å². The minimum atomic E-state index is -0.968. The molecule has 1 atom stereocenters. The molecule has 0 saturated heterocycles. The molecule has 118 valence electrons. The van der Waals surface area contributed by atoms with Gasteiger partial charge in [0.25, 0.3) is 0 Å². The molecule has 0 aliphatic heterocycles. The summed E-state index contributed by atoms with van der Waals surface area (Å²) < 4.78 is 4.94. The van der Waals surface area contributed by atoms with E-state index >= 15 is 0 Å². The highest BCUT2D eigenvalue weighted by molar-refractivity contribution is 5.79. The Kier molecular flexibility index (Phi) is 8.80. The number of benzene rings is 1. The topological polar surface area (TPSA) is 102 Å². The fourth-order valence-electron chi connectivity index (χ4n) is 1.45. The zero-order valence-corrected chi connectivity index (χ0v) is 13.0. The van der Waals surface area contributed by atoms with Gasteiger partial charge < -0.3 is 20.9 Å². The minimum absolute atomic E-state index is 0.219. The number of carbonyl (C=O) groups excluding carboxylic acids is 1. The summed E-state index contributed by atoms with van der Waals surface area (Å²) in [5, 5.41) is 10.8. The molecule has 0 aliphatic rings. The van der Waals surface area contributed by atoms with Gasteiger partial charge in [0, 0.05) is 5.69 Å². The van der Waals surface area contributed by atoms with Crippen molar-refractivity contribution in [1.82, 2.24) is 0 Å². The minimum Gasteiger partial charge on any atom is -0.480 e. The number of aryl methyl sites for hydroxylation is 2. The number of ether oxygens (including phenoxy) is 1. The second-order valence-electron chi connectivity index (χ2n) is 4.53. The van der Waals surface area contributed by atoms with E-state index in [2.05, 4.69) is 17.1 Å². The van der Waals surface area contributed by atoms with Crippen molar-refractivity contribution in [1.29, 1.82) is 0 Å². The van der Waals surface area contributed by atoms with Gasteiger partial charge in [0.1, 0.15) is 6.04 Å². The van der Waals surface area contributed by atoms with E-state index in [4.69, 9.17) is 9.84 Å². The maximum Gasteiger partial charge on any atom is 0.328 e. The maximum atomic E-state index is 11.5. The molecule has 6 nitrogen and oxygen atoms in total. The van der Waals surface area contributed by atoms with Crippen LogP contribution in [0.1, 0.15) is 25.0 Å². The third kappa shape index (κ3) is 7.94. The third-order valence-corrected chi connectivity index (χ3v) is 2.58. The van der Waals surface area contributed by atoms with Crippen LogP contribution in [-0.2, 0) is 14.3 Å². The van der Waals surface area contributed by atoms with Crippen LogP contribution in [0.3, 0.4) is 0 Å². The van der Waals surface area contributed by atoms with Gasteiger partial charge in [-0.15, -0.1) is 0 Å². The maximum absolute atomic E-state index is 11.5. The van der Waals surface area contributed by atoms with Crippen LogP contribution in [0.4, 0.5) is 5.69 Å². The van der Waals surface area contributed by atoms with E-state index in [9.17, 15) is 9.59 Å². The number of nitrogens with one attached hydrogen (secondary N) is 1. The quantitative estimate of drug-likeness (QED) is 0.715. The first kappa shape index (κ1) is 18.9. The number of anilines is 1. The molecule has 21 heavy (non-hydrogen) atoms. The predicted molar refractivity (Wildman–Crippen MR) is 82.3 cm³/mol. The lowest BCUT2D eigenvalue weighted by Crippen LogP contribution is -2.28. The smallest absolute Gasteiger partial charge is 0.328 e. The predicted octanol–water partition coefficient (Wildman–Crippen LogP) is 1.70. The monoisotopic (exact) mass is 296 g/mol. The first-order chi connectivity index (χ1) is 9.81. The Labute approximate surface area is 125 Å². The second-order valence-corrected chi connectivity index (χ2v) is 4.53. The highest BCUT2D eigenvalue weighted by atomic mass is 16.5. The fourth-order valence-corrected chi connectivity index (χ4v) is 1.45. The SMILES string of the molecule is CCOC(=O)[C@H](C)Nc1cc(C)ccc1C.NCC(=O)O. The molecule has 1 aromatic rings. The third-order valence-electron chi connectivity index (χ3n) is 2.58. The molecule has 0 unspecified atom stereocenters. The van der Waals surface area contributed by atoms with Gasteiger partial charge in [0.2, 0.25) is 0 Å². The Hall–Kier alpha value is -2.08. The van der Waals surface area contributed by atoms with E-state index in [1.807, 2.05) is 32.9 Å². The number of carbonyl (C=O) groups is 2. The van der Waals surface area contributed by atoms with Crippen LogP contribution in [0.2, 0.25) is 0 Å². The Morgan fingerprint density at radius 2 is 1.95 bits per heavy atom. The number of rotatable bonds is 5. The summed E-state index contributed by atoms with van der Waals surface area (Å²) in [6.45, 7) is 7.79. The standard InChI is InChI=1S/C13H19NO2.C2H5NO2/c1-5-16-13(15)11(4)14-12-8-9(2)6-7-10(12)3;3-1-2(4)5/h6-8,11,14H,5H2,1-4H3;1,3H2,(H,4,5)/t11-;/m0./s1. The Bertz CT molecular complexity index is 475. The summed E-state index contributed by atoms with van der Waals surface area (Å²) in [5.74, 6) is -1.19. The fraction of sp³-hybridized carbons (Fsp3) is 0.467.